The molecule has 2 aromatic rings. The molecule has 0 heterocycles. The first-order chi connectivity index (χ1) is 10.2. The van der Waals surface area contributed by atoms with Gasteiger partial charge in [-0.1, -0.05) is 43.7 Å². The molecule has 0 spiro atoms. The van der Waals surface area contributed by atoms with E-state index in [4.69, 9.17) is 12.2 Å². The summed E-state index contributed by atoms with van der Waals surface area (Å²) < 4.78 is 0. The van der Waals surface area contributed by atoms with Gasteiger partial charge in [-0.15, -0.1) is 0 Å². The molecule has 0 unspecified atom stereocenters. The maximum absolute atomic E-state index is 11.9. The van der Waals surface area contributed by atoms with Crippen LogP contribution in [0, 0.1) is 0 Å². The second kappa shape index (κ2) is 7.55. The van der Waals surface area contributed by atoms with Crippen molar-refractivity contribution in [1.82, 2.24) is 5.32 Å². The summed E-state index contributed by atoms with van der Waals surface area (Å²) in [6, 6.07) is 17.1. The van der Waals surface area contributed by atoms with Crippen LogP contribution in [-0.2, 0) is 6.42 Å². The Balaban J connectivity index is 1.91. The van der Waals surface area contributed by atoms with E-state index in [1.165, 1.54) is 5.56 Å². The second-order valence-corrected chi connectivity index (χ2v) is 5.13. The number of carbonyl (C=O) groups is 1. The Morgan fingerprint density at radius 2 is 1.71 bits per heavy atom. The summed E-state index contributed by atoms with van der Waals surface area (Å²) in [5.41, 5.74) is 2.75. The van der Waals surface area contributed by atoms with Crippen LogP contribution < -0.4 is 10.6 Å². The van der Waals surface area contributed by atoms with Crippen molar-refractivity contribution < 1.29 is 4.79 Å². The van der Waals surface area contributed by atoms with E-state index in [1.54, 1.807) is 12.1 Å². The molecule has 0 aliphatic heterocycles. The molecule has 4 heteroatoms. The molecule has 0 aliphatic rings. The van der Waals surface area contributed by atoms with Crippen molar-refractivity contribution in [3.8, 4) is 0 Å². The number of benzene rings is 2. The highest BCUT2D eigenvalue weighted by Gasteiger charge is 2.06. The van der Waals surface area contributed by atoms with E-state index in [0.29, 0.717) is 10.7 Å². The molecule has 1 amide bonds. The van der Waals surface area contributed by atoms with E-state index in [0.717, 1.165) is 18.5 Å². The fourth-order valence-electron chi connectivity index (χ4n) is 1.97. The van der Waals surface area contributed by atoms with Crippen LogP contribution in [0.1, 0.15) is 29.3 Å². The van der Waals surface area contributed by atoms with E-state index < -0.39 is 0 Å². The minimum atomic E-state index is -0.212. The predicted octanol–water partition coefficient (Wildman–Crippen LogP) is 3.77. The van der Waals surface area contributed by atoms with Crippen molar-refractivity contribution >= 4 is 28.9 Å². The number of thiocarbonyl (C=S) groups is 1. The monoisotopic (exact) mass is 298 g/mol. The van der Waals surface area contributed by atoms with E-state index in [2.05, 4.69) is 29.7 Å². The minimum absolute atomic E-state index is 0.212. The zero-order chi connectivity index (χ0) is 15.1. The average Bonchev–Trinajstić information content (AvgIpc) is 2.50. The molecule has 2 rings (SSSR count). The molecule has 2 aromatic carbocycles. The number of amides is 1. The zero-order valence-corrected chi connectivity index (χ0v) is 12.7. The van der Waals surface area contributed by atoms with Gasteiger partial charge in [0, 0.05) is 11.3 Å². The number of carbonyl (C=O) groups excluding carboxylic acids is 1. The van der Waals surface area contributed by atoms with Crippen LogP contribution in [0.15, 0.2) is 54.6 Å². The second-order valence-electron chi connectivity index (χ2n) is 4.72. The summed E-state index contributed by atoms with van der Waals surface area (Å²) in [5, 5.41) is 5.98. The summed E-state index contributed by atoms with van der Waals surface area (Å²) in [6.45, 7) is 2.15. The molecule has 0 aliphatic carbocycles. The fourth-order valence-corrected chi connectivity index (χ4v) is 2.18. The fraction of sp³-hybridized carbons (Fsp3) is 0.176. The summed E-state index contributed by atoms with van der Waals surface area (Å²) in [5.74, 6) is -0.212. The van der Waals surface area contributed by atoms with Crippen LogP contribution in [0.5, 0.6) is 0 Å². The van der Waals surface area contributed by atoms with Crippen LogP contribution in [-0.4, -0.2) is 11.0 Å². The molecule has 0 saturated carbocycles. The van der Waals surface area contributed by atoms with Gasteiger partial charge in [0.1, 0.15) is 0 Å². The van der Waals surface area contributed by atoms with E-state index in [9.17, 15) is 4.79 Å². The first-order valence-corrected chi connectivity index (χ1v) is 7.36. The average molecular weight is 298 g/mol. The van der Waals surface area contributed by atoms with Crippen LogP contribution in [0.2, 0.25) is 0 Å². The first kappa shape index (κ1) is 15.2. The van der Waals surface area contributed by atoms with Gasteiger partial charge in [0.2, 0.25) is 0 Å². The molecular weight excluding hydrogens is 280 g/mol. The summed E-state index contributed by atoms with van der Waals surface area (Å²) >= 11 is 5.15. The summed E-state index contributed by atoms with van der Waals surface area (Å²) in [4.78, 5) is 11.9. The standard InChI is InChI=1S/C17H18N2OS/c1-2-6-13-9-11-15(12-10-13)18-17(21)19-16(20)14-7-4-3-5-8-14/h3-5,7-12H,2,6H2,1H3,(H2,18,19,20,21). The highest BCUT2D eigenvalue weighted by Crippen LogP contribution is 2.11. The Morgan fingerprint density at radius 3 is 2.33 bits per heavy atom. The Kier molecular flexibility index (Phi) is 5.46. The lowest BCUT2D eigenvalue weighted by atomic mass is 10.1. The highest BCUT2D eigenvalue weighted by atomic mass is 32.1. The van der Waals surface area contributed by atoms with Gasteiger partial charge in [0.25, 0.3) is 5.91 Å². The largest absolute Gasteiger partial charge is 0.332 e. The van der Waals surface area contributed by atoms with Crippen LogP contribution in [0.25, 0.3) is 0 Å². The van der Waals surface area contributed by atoms with Gasteiger partial charge in [-0.2, -0.15) is 0 Å². The molecule has 0 atom stereocenters. The third-order valence-corrected chi connectivity index (χ3v) is 3.22. The maximum Gasteiger partial charge on any atom is 0.257 e. The van der Waals surface area contributed by atoms with Gasteiger partial charge in [-0.3, -0.25) is 10.1 Å². The molecule has 21 heavy (non-hydrogen) atoms. The number of aryl methyl sites for hydroxylation is 1. The molecule has 2 N–H and O–H groups in total. The Labute approximate surface area is 130 Å². The van der Waals surface area contributed by atoms with Gasteiger partial charge in [0.05, 0.1) is 0 Å². The van der Waals surface area contributed by atoms with Crippen molar-refractivity contribution in [2.45, 2.75) is 19.8 Å². The van der Waals surface area contributed by atoms with Gasteiger partial charge < -0.3 is 5.32 Å². The van der Waals surface area contributed by atoms with Gasteiger partial charge in [0.15, 0.2) is 5.11 Å². The van der Waals surface area contributed by atoms with Crippen molar-refractivity contribution in [3.63, 3.8) is 0 Å². The smallest absolute Gasteiger partial charge is 0.257 e. The summed E-state index contributed by atoms with van der Waals surface area (Å²) in [6.07, 6.45) is 2.19. The predicted molar refractivity (Wildman–Crippen MR) is 90.6 cm³/mol. The third-order valence-electron chi connectivity index (χ3n) is 3.01. The van der Waals surface area contributed by atoms with Gasteiger partial charge in [-0.25, -0.2) is 0 Å². The molecule has 0 saturated heterocycles. The number of hydrogen-bond acceptors (Lipinski definition) is 2. The van der Waals surface area contributed by atoms with E-state index in [1.807, 2.05) is 30.3 Å². The molecular formula is C17H18N2OS. The summed E-state index contributed by atoms with van der Waals surface area (Å²) in [7, 11) is 0. The third kappa shape index (κ3) is 4.68. The normalized spacial score (nSPS) is 9.95. The Bertz CT molecular complexity index is 608. The van der Waals surface area contributed by atoms with Crippen LogP contribution in [0.4, 0.5) is 5.69 Å². The zero-order valence-electron chi connectivity index (χ0n) is 11.9. The molecule has 0 radical (unpaired) electrons. The van der Waals surface area contributed by atoms with Crippen molar-refractivity contribution in [2.75, 3.05) is 5.32 Å². The first-order valence-electron chi connectivity index (χ1n) is 6.95. The Hall–Kier alpha value is -2.20. The molecule has 0 aromatic heterocycles. The molecule has 3 nitrogen and oxygen atoms in total. The van der Waals surface area contributed by atoms with Crippen molar-refractivity contribution in [1.29, 1.82) is 0 Å². The van der Waals surface area contributed by atoms with E-state index >= 15 is 0 Å². The minimum Gasteiger partial charge on any atom is -0.332 e. The number of nitrogens with one attached hydrogen (secondary N) is 2. The highest BCUT2D eigenvalue weighted by molar-refractivity contribution is 7.80. The lowest BCUT2D eigenvalue weighted by molar-refractivity contribution is 0.0978. The van der Waals surface area contributed by atoms with Crippen LogP contribution >= 0.6 is 12.2 Å². The lowest BCUT2D eigenvalue weighted by Gasteiger charge is -2.10. The van der Waals surface area contributed by atoms with Crippen molar-refractivity contribution in [3.05, 3.63) is 65.7 Å². The maximum atomic E-state index is 11.9. The number of anilines is 1. The number of hydrogen-bond donors (Lipinski definition) is 2. The number of rotatable bonds is 4. The molecule has 108 valence electrons. The SMILES string of the molecule is CCCc1ccc(NC(=S)NC(=O)c2ccccc2)cc1. The van der Waals surface area contributed by atoms with Crippen molar-refractivity contribution in [2.24, 2.45) is 0 Å². The molecule has 0 bridgehead atoms. The van der Waals surface area contributed by atoms with E-state index in [-0.39, 0.29) is 5.91 Å². The van der Waals surface area contributed by atoms with Crippen LogP contribution in [0.3, 0.4) is 0 Å². The topological polar surface area (TPSA) is 41.1 Å². The van der Waals surface area contributed by atoms with Gasteiger partial charge in [-0.05, 0) is 48.5 Å². The molecule has 0 fully saturated rings. The lowest BCUT2D eigenvalue weighted by Crippen LogP contribution is -2.34. The van der Waals surface area contributed by atoms with Gasteiger partial charge >= 0.3 is 0 Å². The quantitative estimate of drug-likeness (QED) is 0.844. The Morgan fingerprint density at radius 1 is 1.05 bits per heavy atom.